The Morgan fingerprint density at radius 3 is 2.55 bits per heavy atom. The van der Waals surface area contributed by atoms with Crippen LogP contribution in [0.4, 0.5) is 11.4 Å². The summed E-state index contributed by atoms with van der Waals surface area (Å²) in [6, 6.07) is 19.0. The Bertz CT molecular complexity index is 1060. The van der Waals surface area contributed by atoms with E-state index in [1.807, 2.05) is 54.6 Å². The number of benzene rings is 3. The lowest BCUT2D eigenvalue weighted by molar-refractivity contribution is 0.0979. The lowest BCUT2D eigenvalue weighted by Crippen LogP contribution is -2.38. The molecule has 3 aromatic rings. The van der Waals surface area contributed by atoms with Crippen molar-refractivity contribution in [1.29, 1.82) is 0 Å². The first-order valence-corrected chi connectivity index (χ1v) is 10.1. The highest BCUT2D eigenvalue weighted by atomic mass is 35.5. The summed E-state index contributed by atoms with van der Waals surface area (Å²) in [5.41, 5.74) is 2.19. The van der Waals surface area contributed by atoms with Gasteiger partial charge in [-0.25, -0.2) is 0 Å². The largest absolute Gasteiger partial charge is 0.378 e. The third-order valence-electron chi connectivity index (χ3n) is 4.82. The molecule has 7 heteroatoms. The topological polar surface area (TPSA) is 53.6 Å². The van der Waals surface area contributed by atoms with E-state index in [1.54, 1.807) is 6.07 Å². The van der Waals surface area contributed by atoms with Crippen LogP contribution >= 0.6 is 23.8 Å². The minimum absolute atomic E-state index is 0.222. The Morgan fingerprint density at radius 1 is 1.00 bits per heavy atom. The van der Waals surface area contributed by atoms with Crippen LogP contribution in [-0.2, 0) is 4.74 Å². The SMILES string of the molecule is O=C(NC(=S)Nc1cccc(Cl)c1N1CCOCC1)c1cccc2ccccc12. The normalized spacial score (nSPS) is 13.9. The number of anilines is 2. The molecule has 0 bridgehead atoms. The number of rotatable bonds is 3. The number of hydrogen-bond acceptors (Lipinski definition) is 4. The fourth-order valence-corrected chi connectivity index (χ4v) is 3.97. The van der Waals surface area contributed by atoms with Gasteiger partial charge in [0.15, 0.2) is 5.11 Å². The van der Waals surface area contributed by atoms with E-state index in [0.717, 1.165) is 35.2 Å². The van der Waals surface area contributed by atoms with Crippen molar-refractivity contribution in [3.05, 3.63) is 71.2 Å². The Hall–Kier alpha value is -2.67. The molecule has 0 atom stereocenters. The molecule has 29 heavy (non-hydrogen) atoms. The summed E-state index contributed by atoms with van der Waals surface area (Å²) in [6.07, 6.45) is 0. The average molecular weight is 426 g/mol. The lowest BCUT2D eigenvalue weighted by Gasteiger charge is -2.31. The molecule has 1 saturated heterocycles. The van der Waals surface area contributed by atoms with E-state index >= 15 is 0 Å². The molecule has 0 radical (unpaired) electrons. The number of halogens is 1. The Kier molecular flexibility index (Phi) is 5.94. The summed E-state index contributed by atoms with van der Waals surface area (Å²) in [7, 11) is 0. The van der Waals surface area contributed by atoms with Gasteiger partial charge in [-0.15, -0.1) is 0 Å². The summed E-state index contributed by atoms with van der Waals surface area (Å²) < 4.78 is 5.43. The first kappa shape index (κ1) is 19.6. The molecule has 0 aromatic heterocycles. The lowest BCUT2D eigenvalue weighted by atomic mass is 10.0. The molecule has 0 unspecified atom stereocenters. The maximum atomic E-state index is 12.8. The first-order chi connectivity index (χ1) is 14.1. The summed E-state index contributed by atoms with van der Waals surface area (Å²) >= 11 is 11.9. The molecule has 0 aliphatic carbocycles. The number of para-hydroxylation sites is 1. The van der Waals surface area contributed by atoms with E-state index in [0.29, 0.717) is 23.8 Å². The smallest absolute Gasteiger partial charge is 0.258 e. The molecule has 1 aliphatic heterocycles. The van der Waals surface area contributed by atoms with Gasteiger partial charge in [0.2, 0.25) is 0 Å². The highest BCUT2D eigenvalue weighted by Gasteiger charge is 2.19. The summed E-state index contributed by atoms with van der Waals surface area (Å²) in [6.45, 7) is 2.78. The Morgan fingerprint density at radius 2 is 1.72 bits per heavy atom. The molecule has 2 N–H and O–H groups in total. The van der Waals surface area contributed by atoms with Crippen LogP contribution in [0.3, 0.4) is 0 Å². The zero-order valence-corrected chi connectivity index (χ0v) is 17.2. The number of morpholine rings is 1. The molecule has 1 aliphatic rings. The first-order valence-electron chi connectivity index (χ1n) is 9.35. The van der Waals surface area contributed by atoms with E-state index < -0.39 is 0 Å². The van der Waals surface area contributed by atoms with Gasteiger partial charge >= 0.3 is 0 Å². The molecule has 5 nitrogen and oxygen atoms in total. The third-order valence-corrected chi connectivity index (χ3v) is 5.33. The molecule has 1 amide bonds. The van der Waals surface area contributed by atoms with E-state index in [1.165, 1.54) is 0 Å². The number of hydrogen-bond donors (Lipinski definition) is 2. The van der Waals surface area contributed by atoms with Crippen LogP contribution < -0.4 is 15.5 Å². The quantitative estimate of drug-likeness (QED) is 0.607. The van der Waals surface area contributed by atoms with Crippen molar-refractivity contribution in [2.45, 2.75) is 0 Å². The molecule has 0 spiro atoms. The van der Waals surface area contributed by atoms with Gasteiger partial charge < -0.3 is 15.0 Å². The molecule has 1 heterocycles. The number of nitrogens with zero attached hydrogens (tertiary/aromatic N) is 1. The van der Waals surface area contributed by atoms with Gasteiger partial charge in [0.05, 0.1) is 29.6 Å². The van der Waals surface area contributed by atoms with Gasteiger partial charge in [-0.05, 0) is 41.2 Å². The summed E-state index contributed by atoms with van der Waals surface area (Å²) in [5, 5.41) is 8.64. The number of ether oxygens (including phenoxy) is 1. The van der Waals surface area contributed by atoms with E-state index in [2.05, 4.69) is 15.5 Å². The van der Waals surface area contributed by atoms with Gasteiger partial charge in [0.1, 0.15) is 0 Å². The van der Waals surface area contributed by atoms with Gasteiger partial charge in [0.25, 0.3) is 5.91 Å². The number of nitrogens with one attached hydrogen (secondary N) is 2. The van der Waals surface area contributed by atoms with Gasteiger partial charge in [-0.3, -0.25) is 10.1 Å². The van der Waals surface area contributed by atoms with Crippen LogP contribution in [0.15, 0.2) is 60.7 Å². The minimum Gasteiger partial charge on any atom is -0.378 e. The predicted octanol–water partition coefficient (Wildman–Crippen LogP) is 4.46. The van der Waals surface area contributed by atoms with E-state index in [9.17, 15) is 4.79 Å². The summed E-state index contributed by atoms with van der Waals surface area (Å²) in [4.78, 5) is 15.0. The maximum absolute atomic E-state index is 12.8. The van der Waals surface area contributed by atoms with Crippen molar-refractivity contribution in [2.24, 2.45) is 0 Å². The Labute approximate surface area is 179 Å². The second-order valence-corrected chi connectivity index (χ2v) is 7.49. The second-order valence-electron chi connectivity index (χ2n) is 6.67. The van der Waals surface area contributed by atoms with Crippen molar-refractivity contribution in [2.75, 3.05) is 36.5 Å². The summed E-state index contributed by atoms with van der Waals surface area (Å²) in [5.74, 6) is -0.255. The highest BCUT2D eigenvalue weighted by molar-refractivity contribution is 7.80. The van der Waals surface area contributed by atoms with Gasteiger partial charge in [0, 0.05) is 18.7 Å². The van der Waals surface area contributed by atoms with Crippen molar-refractivity contribution in [3.8, 4) is 0 Å². The number of amides is 1. The number of carbonyl (C=O) groups is 1. The van der Waals surface area contributed by atoms with Crippen molar-refractivity contribution in [1.82, 2.24) is 5.32 Å². The molecule has 3 aromatic carbocycles. The zero-order valence-electron chi connectivity index (χ0n) is 15.7. The predicted molar refractivity (Wildman–Crippen MR) is 122 cm³/mol. The Balaban J connectivity index is 1.53. The number of thiocarbonyl (C=S) groups is 1. The van der Waals surface area contributed by atoms with Crippen LogP contribution in [-0.4, -0.2) is 37.3 Å². The van der Waals surface area contributed by atoms with E-state index in [4.69, 9.17) is 28.6 Å². The second kappa shape index (κ2) is 8.78. The van der Waals surface area contributed by atoms with Gasteiger partial charge in [-0.1, -0.05) is 54.1 Å². The number of carbonyl (C=O) groups excluding carboxylic acids is 1. The van der Waals surface area contributed by atoms with Crippen molar-refractivity contribution < 1.29 is 9.53 Å². The fraction of sp³-hybridized carbons (Fsp3) is 0.182. The van der Waals surface area contributed by atoms with Crippen LogP contribution in [0.2, 0.25) is 5.02 Å². The average Bonchev–Trinajstić information content (AvgIpc) is 2.74. The minimum atomic E-state index is -0.255. The monoisotopic (exact) mass is 425 g/mol. The van der Waals surface area contributed by atoms with Crippen LogP contribution in [0, 0.1) is 0 Å². The van der Waals surface area contributed by atoms with E-state index in [-0.39, 0.29) is 11.0 Å². The standard InChI is InChI=1S/C22H20ClN3O2S/c23-18-9-4-10-19(20(18)26-11-13-28-14-12-26)24-22(29)25-21(27)17-8-3-6-15-5-1-2-7-16(15)17/h1-10H,11-14H2,(H2,24,25,27,29). The highest BCUT2D eigenvalue weighted by Crippen LogP contribution is 2.34. The molecule has 1 fully saturated rings. The number of fused-ring (bicyclic) bond motifs is 1. The van der Waals surface area contributed by atoms with Crippen LogP contribution in [0.5, 0.6) is 0 Å². The molecular formula is C22H20ClN3O2S. The molecular weight excluding hydrogens is 406 g/mol. The molecule has 148 valence electrons. The van der Waals surface area contributed by atoms with Crippen LogP contribution in [0.25, 0.3) is 10.8 Å². The van der Waals surface area contributed by atoms with Crippen LogP contribution in [0.1, 0.15) is 10.4 Å². The molecule has 4 rings (SSSR count). The van der Waals surface area contributed by atoms with Crippen molar-refractivity contribution >= 4 is 57.0 Å². The fourth-order valence-electron chi connectivity index (χ4n) is 3.47. The van der Waals surface area contributed by atoms with Gasteiger partial charge in [-0.2, -0.15) is 0 Å². The maximum Gasteiger partial charge on any atom is 0.258 e. The third kappa shape index (κ3) is 4.34. The zero-order chi connectivity index (χ0) is 20.2. The molecule has 0 saturated carbocycles. The van der Waals surface area contributed by atoms with Crippen molar-refractivity contribution in [3.63, 3.8) is 0 Å².